The second-order valence-electron chi connectivity index (χ2n) is 11.6. The minimum atomic E-state index is -0.316. The molecule has 0 saturated carbocycles. The van der Waals surface area contributed by atoms with Gasteiger partial charge in [0.05, 0.1) is 41.4 Å². The molecular weight excluding hydrogens is 593 g/mol. The standard InChI is InChI=1S/C36H32FN9O/c1-46(2)11-10-39-26-14-23(13-25(37)16-26)28-8-9-40-36-29(28)17-32(43-36)35-30-18-31(41-21-33(30)44-45-35)24-15-27(20-38-19-24)42-34(47)12-22-6-4-3-5-7-22/h3-9,13-21,39H,10-12H2,1-2H3,(H,40,43)(H,42,47)(H,44,45). The maximum Gasteiger partial charge on any atom is 0.228 e. The van der Waals surface area contributed by atoms with Gasteiger partial charge in [-0.25, -0.2) is 9.37 Å². The first-order valence-corrected chi connectivity index (χ1v) is 15.2. The molecule has 0 bridgehead atoms. The van der Waals surface area contributed by atoms with Gasteiger partial charge < -0.3 is 20.5 Å². The van der Waals surface area contributed by atoms with Crippen LogP contribution >= 0.6 is 0 Å². The second kappa shape index (κ2) is 12.8. The zero-order valence-corrected chi connectivity index (χ0v) is 25.9. The highest BCUT2D eigenvalue weighted by molar-refractivity contribution is 6.00. The largest absolute Gasteiger partial charge is 0.384 e. The number of hydrogen-bond acceptors (Lipinski definition) is 7. The van der Waals surface area contributed by atoms with Crippen LogP contribution in [0.25, 0.3) is 55.7 Å². The summed E-state index contributed by atoms with van der Waals surface area (Å²) >= 11 is 0. The van der Waals surface area contributed by atoms with E-state index >= 15 is 0 Å². The first-order valence-electron chi connectivity index (χ1n) is 15.2. The molecule has 0 spiro atoms. The van der Waals surface area contributed by atoms with Crippen LogP contribution in [0.2, 0.25) is 0 Å². The Hall–Kier alpha value is -5.94. The molecule has 7 aromatic rings. The van der Waals surface area contributed by atoms with Crippen LogP contribution < -0.4 is 10.6 Å². The third-order valence-corrected chi connectivity index (χ3v) is 7.86. The van der Waals surface area contributed by atoms with Crippen LogP contribution in [-0.2, 0) is 11.2 Å². The molecule has 10 nitrogen and oxygen atoms in total. The maximum absolute atomic E-state index is 14.7. The van der Waals surface area contributed by atoms with Crippen LogP contribution in [-0.4, -0.2) is 68.1 Å². The summed E-state index contributed by atoms with van der Waals surface area (Å²) in [7, 11) is 4.00. The average Bonchev–Trinajstić information content (AvgIpc) is 3.69. The number of nitrogens with one attached hydrogen (secondary N) is 4. The lowest BCUT2D eigenvalue weighted by molar-refractivity contribution is -0.115. The first kappa shape index (κ1) is 29.8. The van der Waals surface area contributed by atoms with Gasteiger partial charge in [0.25, 0.3) is 0 Å². The Balaban J connectivity index is 1.18. The summed E-state index contributed by atoms with van der Waals surface area (Å²) < 4.78 is 14.7. The summed E-state index contributed by atoms with van der Waals surface area (Å²) in [6, 6.07) is 22.2. The molecule has 0 aliphatic carbocycles. The number of amides is 1. The van der Waals surface area contributed by atoms with Gasteiger partial charge in [0.15, 0.2) is 0 Å². The number of pyridine rings is 3. The number of carbonyl (C=O) groups excluding carboxylic acids is 1. The lowest BCUT2D eigenvalue weighted by atomic mass is 10.0. The average molecular weight is 626 g/mol. The van der Waals surface area contributed by atoms with Gasteiger partial charge in [0.2, 0.25) is 5.91 Å². The summed E-state index contributed by atoms with van der Waals surface area (Å²) in [5.74, 6) is -0.444. The van der Waals surface area contributed by atoms with E-state index in [1.54, 1.807) is 24.8 Å². The molecule has 0 aliphatic rings. The number of nitrogens with zero attached hydrogens (tertiary/aromatic N) is 5. The number of rotatable bonds is 10. The monoisotopic (exact) mass is 625 g/mol. The molecule has 5 heterocycles. The molecular formula is C36H32FN9O. The molecule has 1 amide bonds. The van der Waals surface area contributed by atoms with E-state index in [1.165, 1.54) is 12.1 Å². The zero-order valence-electron chi connectivity index (χ0n) is 25.9. The van der Waals surface area contributed by atoms with Crippen molar-refractivity contribution in [3.05, 3.63) is 109 Å². The van der Waals surface area contributed by atoms with Gasteiger partial charge in [-0.1, -0.05) is 30.3 Å². The summed E-state index contributed by atoms with van der Waals surface area (Å²) in [6.07, 6.45) is 7.03. The van der Waals surface area contributed by atoms with E-state index in [2.05, 4.69) is 45.7 Å². The van der Waals surface area contributed by atoms with Crippen molar-refractivity contribution in [1.82, 2.24) is 35.0 Å². The van der Waals surface area contributed by atoms with Crippen molar-refractivity contribution in [3.63, 3.8) is 0 Å². The summed E-state index contributed by atoms with van der Waals surface area (Å²) in [5, 5.41) is 15.6. The zero-order chi connectivity index (χ0) is 32.3. The van der Waals surface area contributed by atoms with Gasteiger partial charge >= 0.3 is 0 Å². The summed E-state index contributed by atoms with van der Waals surface area (Å²) in [4.78, 5) is 31.7. The normalized spacial score (nSPS) is 11.4. The molecule has 0 radical (unpaired) electrons. The highest BCUT2D eigenvalue weighted by atomic mass is 19.1. The van der Waals surface area contributed by atoms with Gasteiger partial charge in [-0.3, -0.25) is 19.9 Å². The van der Waals surface area contributed by atoms with E-state index in [9.17, 15) is 9.18 Å². The Labute approximate surface area is 270 Å². The van der Waals surface area contributed by atoms with Crippen LogP contribution in [0.4, 0.5) is 15.8 Å². The number of likely N-dealkylation sites (N-methyl/N-ethyl adjacent to an activating group) is 1. The van der Waals surface area contributed by atoms with Crippen LogP contribution in [0.1, 0.15) is 5.56 Å². The SMILES string of the molecule is CN(C)CCNc1cc(F)cc(-c2ccnc3[nH]c(-c4n[nH]c5cnc(-c6cncc(NC(=O)Cc7ccccc7)c6)cc45)cc23)c1. The third kappa shape index (κ3) is 6.56. The molecule has 0 fully saturated rings. The third-order valence-electron chi connectivity index (χ3n) is 7.86. The number of hydrogen-bond donors (Lipinski definition) is 4. The van der Waals surface area contributed by atoms with Crippen molar-refractivity contribution in [2.75, 3.05) is 37.8 Å². The molecule has 0 unspecified atom stereocenters. The Morgan fingerprint density at radius 3 is 2.60 bits per heavy atom. The van der Waals surface area contributed by atoms with E-state index in [0.717, 1.165) is 56.5 Å². The van der Waals surface area contributed by atoms with Crippen LogP contribution in [0.5, 0.6) is 0 Å². The number of H-pyrrole nitrogens is 2. The number of halogens is 1. The second-order valence-corrected chi connectivity index (χ2v) is 11.6. The molecule has 4 N–H and O–H groups in total. The Morgan fingerprint density at radius 1 is 0.894 bits per heavy atom. The fourth-order valence-electron chi connectivity index (χ4n) is 5.59. The Morgan fingerprint density at radius 2 is 1.74 bits per heavy atom. The Kier molecular flexibility index (Phi) is 8.11. The molecule has 234 valence electrons. The molecule has 0 atom stereocenters. The smallest absolute Gasteiger partial charge is 0.228 e. The van der Waals surface area contributed by atoms with E-state index in [-0.39, 0.29) is 18.1 Å². The lowest BCUT2D eigenvalue weighted by Crippen LogP contribution is -2.20. The van der Waals surface area contributed by atoms with Crippen molar-refractivity contribution >= 4 is 39.2 Å². The van der Waals surface area contributed by atoms with Crippen LogP contribution in [0.15, 0.2) is 97.6 Å². The topological polar surface area (TPSA) is 128 Å². The predicted octanol–water partition coefficient (Wildman–Crippen LogP) is 6.52. The highest BCUT2D eigenvalue weighted by Crippen LogP contribution is 2.35. The molecule has 0 aliphatic heterocycles. The number of aromatic amines is 2. The van der Waals surface area contributed by atoms with Gasteiger partial charge in [0, 0.05) is 47.5 Å². The summed E-state index contributed by atoms with van der Waals surface area (Å²) in [5.41, 5.74) is 8.13. The Bertz CT molecular complexity index is 2210. The maximum atomic E-state index is 14.7. The van der Waals surface area contributed by atoms with E-state index < -0.39 is 0 Å². The van der Waals surface area contributed by atoms with E-state index in [0.29, 0.717) is 29.3 Å². The number of carbonyl (C=O) groups is 1. The minimum absolute atomic E-state index is 0.127. The molecule has 7 rings (SSSR count). The number of benzene rings is 2. The van der Waals surface area contributed by atoms with Crippen molar-refractivity contribution in [2.24, 2.45) is 0 Å². The van der Waals surface area contributed by atoms with Crippen molar-refractivity contribution in [1.29, 1.82) is 0 Å². The molecule has 0 saturated heterocycles. The van der Waals surface area contributed by atoms with Crippen LogP contribution in [0, 0.1) is 5.82 Å². The van der Waals surface area contributed by atoms with Gasteiger partial charge in [0.1, 0.15) is 17.2 Å². The van der Waals surface area contributed by atoms with Crippen molar-refractivity contribution in [2.45, 2.75) is 6.42 Å². The van der Waals surface area contributed by atoms with E-state index in [4.69, 9.17) is 0 Å². The lowest BCUT2D eigenvalue weighted by Gasteiger charge is -2.13. The summed E-state index contributed by atoms with van der Waals surface area (Å²) in [6.45, 7) is 1.52. The van der Waals surface area contributed by atoms with Gasteiger partial charge in [-0.05, 0) is 73.3 Å². The van der Waals surface area contributed by atoms with Crippen LogP contribution in [0.3, 0.4) is 0 Å². The minimum Gasteiger partial charge on any atom is -0.384 e. The fourth-order valence-corrected chi connectivity index (χ4v) is 5.59. The fraction of sp³-hybridized carbons (Fsp3) is 0.139. The quantitative estimate of drug-likeness (QED) is 0.136. The van der Waals surface area contributed by atoms with Gasteiger partial charge in [-0.15, -0.1) is 0 Å². The van der Waals surface area contributed by atoms with Crippen molar-refractivity contribution < 1.29 is 9.18 Å². The molecule has 47 heavy (non-hydrogen) atoms. The van der Waals surface area contributed by atoms with E-state index in [1.807, 2.05) is 74.8 Å². The molecule has 2 aromatic carbocycles. The number of aromatic nitrogens is 6. The highest BCUT2D eigenvalue weighted by Gasteiger charge is 2.17. The first-order chi connectivity index (χ1) is 22.9. The van der Waals surface area contributed by atoms with Gasteiger partial charge in [-0.2, -0.15) is 5.10 Å². The molecule has 11 heteroatoms. The molecule has 5 aromatic heterocycles. The number of fused-ring (bicyclic) bond motifs is 2. The predicted molar refractivity (Wildman–Crippen MR) is 183 cm³/mol. The number of anilines is 2. The van der Waals surface area contributed by atoms with Crippen molar-refractivity contribution in [3.8, 4) is 33.8 Å².